The lowest BCUT2D eigenvalue weighted by molar-refractivity contribution is -0.143. The van der Waals surface area contributed by atoms with Gasteiger partial charge in [0.1, 0.15) is 0 Å². The smallest absolute Gasteiger partial charge is 0.228 e. The summed E-state index contributed by atoms with van der Waals surface area (Å²) in [5.74, 6) is 1.27. The minimum Gasteiger partial charge on any atom is -0.376 e. The molecule has 2 aromatic rings. The Labute approximate surface area is 185 Å². The van der Waals surface area contributed by atoms with Crippen LogP contribution in [-0.2, 0) is 9.53 Å². The Hall–Kier alpha value is -2.14. The lowest BCUT2D eigenvalue weighted by Crippen LogP contribution is -2.52. The monoisotopic (exact) mass is 421 g/mol. The number of H-pyrrole nitrogens is 1. The van der Waals surface area contributed by atoms with Gasteiger partial charge in [-0.3, -0.25) is 9.89 Å². The maximum atomic E-state index is 13.3. The van der Waals surface area contributed by atoms with Gasteiger partial charge in [0, 0.05) is 29.8 Å². The molecule has 0 bridgehead atoms. The number of nitrogens with zero attached hydrogens (tertiary/aromatic N) is 2. The van der Waals surface area contributed by atoms with E-state index in [0.717, 1.165) is 50.8 Å². The minimum absolute atomic E-state index is 0.103. The van der Waals surface area contributed by atoms with Crippen molar-refractivity contribution in [1.29, 1.82) is 0 Å². The molecule has 1 N–H and O–H groups in total. The molecule has 5 nitrogen and oxygen atoms in total. The third-order valence-electron chi connectivity index (χ3n) is 7.93. The number of piperidine rings is 1. The van der Waals surface area contributed by atoms with E-state index in [1.54, 1.807) is 0 Å². The number of carbonyl (C=O) groups is 1. The van der Waals surface area contributed by atoms with E-state index in [9.17, 15) is 4.79 Å². The predicted molar refractivity (Wildman–Crippen MR) is 121 cm³/mol. The summed E-state index contributed by atoms with van der Waals surface area (Å²) in [4.78, 5) is 15.5. The molecule has 166 valence electrons. The van der Waals surface area contributed by atoms with E-state index < -0.39 is 0 Å². The van der Waals surface area contributed by atoms with Crippen molar-refractivity contribution in [3.8, 4) is 0 Å². The Balaban J connectivity index is 1.24. The minimum atomic E-state index is -0.137. The van der Waals surface area contributed by atoms with Gasteiger partial charge in [0.25, 0.3) is 0 Å². The lowest BCUT2D eigenvalue weighted by Gasteiger charge is -2.43. The van der Waals surface area contributed by atoms with Crippen molar-refractivity contribution in [1.82, 2.24) is 15.1 Å². The largest absolute Gasteiger partial charge is 0.376 e. The van der Waals surface area contributed by atoms with Gasteiger partial charge in [0.15, 0.2) is 0 Å². The summed E-state index contributed by atoms with van der Waals surface area (Å²) in [5, 5.41) is 7.35. The first-order chi connectivity index (χ1) is 15.1. The second-order valence-electron chi connectivity index (χ2n) is 10.1. The third kappa shape index (κ3) is 4.43. The van der Waals surface area contributed by atoms with Crippen molar-refractivity contribution < 1.29 is 9.53 Å². The number of benzene rings is 1. The topological polar surface area (TPSA) is 58.2 Å². The molecule has 1 saturated heterocycles. The molecule has 0 radical (unpaired) electrons. The van der Waals surface area contributed by atoms with E-state index in [0.29, 0.717) is 24.5 Å². The molecule has 0 spiro atoms. The van der Waals surface area contributed by atoms with Crippen LogP contribution < -0.4 is 0 Å². The summed E-state index contributed by atoms with van der Waals surface area (Å²) in [6.07, 6.45) is 10.9. The van der Waals surface area contributed by atoms with Gasteiger partial charge in [0.2, 0.25) is 5.91 Å². The van der Waals surface area contributed by atoms with Crippen molar-refractivity contribution >= 4 is 5.91 Å². The summed E-state index contributed by atoms with van der Waals surface area (Å²) in [6.45, 7) is 3.61. The van der Waals surface area contributed by atoms with E-state index in [2.05, 4.69) is 58.4 Å². The molecule has 1 amide bonds. The number of carbonyl (C=O) groups excluding carboxylic acids is 1. The third-order valence-corrected chi connectivity index (χ3v) is 7.93. The van der Waals surface area contributed by atoms with Crippen LogP contribution >= 0.6 is 0 Å². The Kier molecular flexibility index (Phi) is 5.87. The zero-order valence-corrected chi connectivity index (χ0v) is 18.6. The standard InChI is InChI=1S/C26H35N3O2/c1-26(14-15-26)25(30)29-17-5-8-22(23-13-16-27-28-23)24(29)18-31-21-11-9-20(10-12-21)19-6-3-2-4-7-19/h2-4,6-7,13,16,20-22,24H,5,8-12,14-15,17-18H2,1H3,(H,27,28)/t20?,21?,22-,24+/m1/s1. The van der Waals surface area contributed by atoms with E-state index in [1.165, 1.54) is 18.4 Å². The van der Waals surface area contributed by atoms with Crippen molar-refractivity contribution in [2.75, 3.05) is 13.2 Å². The van der Waals surface area contributed by atoms with Crippen LogP contribution in [0.15, 0.2) is 42.6 Å². The van der Waals surface area contributed by atoms with Crippen LogP contribution in [0.5, 0.6) is 0 Å². The fraction of sp³-hybridized carbons (Fsp3) is 0.615. The quantitative estimate of drug-likeness (QED) is 0.712. The second-order valence-corrected chi connectivity index (χ2v) is 10.1. The maximum Gasteiger partial charge on any atom is 0.228 e. The molecule has 1 aliphatic heterocycles. The highest BCUT2D eigenvalue weighted by molar-refractivity contribution is 5.85. The highest BCUT2D eigenvalue weighted by Crippen LogP contribution is 2.48. The fourth-order valence-corrected chi connectivity index (χ4v) is 5.62. The average molecular weight is 422 g/mol. The first-order valence-corrected chi connectivity index (χ1v) is 12.1. The summed E-state index contributed by atoms with van der Waals surface area (Å²) in [7, 11) is 0. The number of aromatic amines is 1. The number of hydrogen-bond donors (Lipinski definition) is 1. The fourth-order valence-electron chi connectivity index (χ4n) is 5.62. The van der Waals surface area contributed by atoms with E-state index >= 15 is 0 Å². The molecule has 5 rings (SSSR count). The van der Waals surface area contributed by atoms with Crippen LogP contribution in [0.3, 0.4) is 0 Å². The predicted octanol–water partition coefficient (Wildman–Crippen LogP) is 5.03. The average Bonchev–Trinajstić information content (AvgIpc) is 3.34. The number of ether oxygens (including phenoxy) is 1. The number of rotatable bonds is 6. The molecule has 1 aromatic carbocycles. The Bertz CT molecular complexity index is 854. The van der Waals surface area contributed by atoms with Crippen LogP contribution in [0.25, 0.3) is 0 Å². The van der Waals surface area contributed by atoms with Crippen molar-refractivity contribution in [2.45, 2.75) is 82.3 Å². The molecule has 2 aliphatic carbocycles. The molecule has 5 heteroatoms. The van der Waals surface area contributed by atoms with Crippen LogP contribution in [0, 0.1) is 5.41 Å². The number of hydrogen-bond acceptors (Lipinski definition) is 3. The highest BCUT2D eigenvalue weighted by Gasteiger charge is 2.50. The SMILES string of the molecule is CC1(C(=O)N2CCC[C@H](c3ccn[nH]3)[C@@H]2COC2CCC(c3ccccc3)CC2)CC1. The number of nitrogens with one attached hydrogen (secondary N) is 1. The molecule has 0 unspecified atom stereocenters. The van der Waals surface area contributed by atoms with Crippen LogP contribution in [-0.4, -0.2) is 46.3 Å². The summed E-state index contributed by atoms with van der Waals surface area (Å²) in [6, 6.07) is 13.1. The normalized spacial score (nSPS) is 30.2. The van der Waals surface area contributed by atoms with Crippen molar-refractivity contribution in [2.24, 2.45) is 5.41 Å². The molecule has 2 heterocycles. The molecule has 2 atom stereocenters. The molecule has 1 aromatic heterocycles. The first-order valence-electron chi connectivity index (χ1n) is 12.1. The van der Waals surface area contributed by atoms with Crippen molar-refractivity contribution in [3.05, 3.63) is 53.9 Å². The summed E-state index contributed by atoms with van der Waals surface area (Å²) < 4.78 is 6.52. The molecule has 2 saturated carbocycles. The van der Waals surface area contributed by atoms with Crippen molar-refractivity contribution in [3.63, 3.8) is 0 Å². The van der Waals surface area contributed by atoms with Gasteiger partial charge >= 0.3 is 0 Å². The van der Waals surface area contributed by atoms with Crippen LogP contribution in [0.1, 0.15) is 81.4 Å². The lowest BCUT2D eigenvalue weighted by atomic mass is 9.82. The van der Waals surface area contributed by atoms with Gasteiger partial charge in [-0.05, 0) is 68.9 Å². The van der Waals surface area contributed by atoms with E-state index in [4.69, 9.17) is 4.74 Å². The summed E-state index contributed by atoms with van der Waals surface area (Å²) >= 11 is 0. The summed E-state index contributed by atoms with van der Waals surface area (Å²) in [5.41, 5.74) is 2.46. The van der Waals surface area contributed by atoms with Crippen LogP contribution in [0.2, 0.25) is 0 Å². The van der Waals surface area contributed by atoms with Gasteiger partial charge < -0.3 is 9.64 Å². The zero-order valence-electron chi connectivity index (χ0n) is 18.6. The van der Waals surface area contributed by atoms with Crippen LogP contribution in [0.4, 0.5) is 0 Å². The molecule has 31 heavy (non-hydrogen) atoms. The Morgan fingerprint density at radius 1 is 1.13 bits per heavy atom. The maximum absolute atomic E-state index is 13.3. The van der Waals surface area contributed by atoms with Gasteiger partial charge in [0.05, 0.1) is 18.8 Å². The first kappa shape index (κ1) is 20.7. The van der Waals surface area contributed by atoms with Gasteiger partial charge in [-0.2, -0.15) is 5.10 Å². The molecular weight excluding hydrogens is 386 g/mol. The van der Waals surface area contributed by atoms with E-state index in [1.807, 2.05) is 6.20 Å². The number of aromatic nitrogens is 2. The Morgan fingerprint density at radius 3 is 2.58 bits per heavy atom. The number of amides is 1. The highest BCUT2D eigenvalue weighted by atomic mass is 16.5. The Morgan fingerprint density at radius 2 is 1.90 bits per heavy atom. The van der Waals surface area contributed by atoms with Gasteiger partial charge in [-0.25, -0.2) is 0 Å². The molecular formula is C26H35N3O2. The number of likely N-dealkylation sites (tertiary alicyclic amines) is 1. The second kappa shape index (κ2) is 8.78. The zero-order chi connectivity index (χ0) is 21.3. The van der Waals surface area contributed by atoms with E-state index in [-0.39, 0.29) is 17.4 Å². The molecule has 3 fully saturated rings. The molecule has 3 aliphatic rings. The van der Waals surface area contributed by atoms with Gasteiger partial charge in [-0.1, -0.05) is 37.3 Å². The van der Waals surface area contributed by atoms with Gasteiger partial charge in [-0.15, -0.1) is 0 Å².